The first-order valence-electron chi connectivity index (χ1n) is 7.84. The summed E-state index contributed by atoms with van der Waals surface area (Å²) in [5.41, 5.74) is 5.98. The first-order chi connectivity index (χ1) is 11.0. The molecule has 2 heterocycles. The van der Waals surface area contributed by atoms with Crippen molar-refractivity contribution in [2.75, 3.05) is 6.54 Å². The Balaban J connectivity index is 1.95. The summed E-state index contributed by atoms with van der Waals surface area (Å²) in [6.45, 7) is 4.90. The molecule has 4 rings (SSSR count). The lowest BCUT2D eigenvalue weighted by Crippen LogP contribution is -2.31. The van der Waals surface area contributed by atoms with Crippen LogP contribution in [0.1, 0.15) is 34.0 Å². The number of H-pyrrole nitrogens is 1. The maximum absolute atomic E-state index is 14.2. The molecule has 1 aliphatic rings. The SMILES string of the molecule is Cc1cc(C)c2[nH]c3c(c2c1)CCNC3c1cc(F)ccc1F. The molecular formula is C19H18F2N2. The van der Waals surface area contributed by atoms with Gasteiger partial charge in [-0.2, -0.15) is 0 Å². The number of benzene rings is 2. The maximum Gasteiger partial charge on any atom is 0.128 e. The third-order valence-electron chi connectivity index (χ3n) is 4.67. The minimum absolute atomic E-state index is 0.346. The lowest BCUT2D eigenvalue weighted by Gasteiger charge is -2.25. The molecule has 3 aromatic rings. The van der Waals surface area contributed by atoms with Crippen molar-refractivity contribution < 1.29 is 8.78 Å². The van der Waals surface area contributed by atoms with E-state index < -0.39 is 5.82 Å². The maximum atomic E-state index is 14.2. The van der Waals surface area contributed by atoms with E-state index in [9.17, 15) is 8.78 Å². The van der Waals surface area contributed by atoms with Crippen molar-refractivity contribution in [1.82, 2.24) is 10.3 Å². The molecule has 1 unspecified atom stereocenters. The first-order valence-corrected chi connectivity index (χ1v) is 7.84. The van der Waals surface area contributed by atoms with Crippen LogP contribution in [0.4, 0.5) is 8.78 Å². The van der Waals surface area contributed by atoms with Crippen LogP contribution in [0, 0.1) is 25.5 Å². The summed E-state index contributed by atoms with van der Waals surface area (Å²) in [5.74, 6) is -0.804. The van der Waals surface area contributed by atoms with Crippen LogP contribution in [0.3, 0.4) is 0 Å². The average molecular weight is 312 g/mol. The number of aromatic nitrogens is 1. The summed E-state index contributed by atoms with van der Waals surface area (Å²) >= 11 is 0. The van der Waals surface area contributed by atoms with Gasteiger partial charge in [0.2, 0.25) is 0 Å². The molecule has 118 valence electrons. The van der Waals surface area contributed by atoms with Crippen LogP contribution in [0.15, 0.2) is 30.3 Å². The second-order valence-electron chi connectivity index (χ2n) is 6.32. The van der Waals surface area contributed by atoms with Gasteiger partial charge in [0.1, 0.15) is 11.6 Å². The molecular weight excluding hydrogens is 294 g/mol. The van der Waals surface area contributed by atoms with E-state index >= 15 is 0 Å². The number of aryl methyl sites for hydroxylation is 2. The monoisotopic (exact) mass is 312 g/mol. The van der Waals surface area contributed by atoms with Gasteiger partial charge < -0.3 is 10.3 Å². The fourth-order valence-corrected chi connectivity index (χ4v) is 3.69. The van der Waals surface area contributed by atoms with Crippen LogP contribution in [-0.4, -0.2) is 11.5 Å². The molecule has 0 amide bonds. The normalized spacial score (nSPS) is 17.5. The molecule has 0 spiro atoms. The van der Waals surface area contributed by atoms with Crippen LogP contribution in [-0.2, 0) is 6.42 Å². The predicted octanol–water partition coefficient (Wildman–Crippen LogP) is 4.30. The Morgan fingerprint density at radius 1 is 1.09 bits per heavy atom. The largest absolute Gasteiger partial charge is 0.356 e. The Morgan fingerprint density at radius 2 is 1.91 bits per heavy atom. The number of halogens is 2. The molecule has 0 saturated carbocycles. The molecule has 0 bridgehead atoms. The fraction of sp³-hybridized carbons (Fsp3) is 0.263. The first kappa shape index (κ1) is 14.4. The standard InChI is InChI=1S/C19H18F2N2/c1-10-7-11(2)17-14(8-10)13-5-6-22-18(19(13)23-17)15-9-12(20)3-4-16(15)21/h3-4,7-9,18,22-23H,5-6H2,1-2H3. The Labute approximate surface area is 133 Å². The summed E-state index contributed by atoms with van der Waals surface area (Å²) in [7, 11) is 0. The average Bonchev–Trinajstić information content (AvgIpc) is 2.89. The second-order valence-corrected chi connectivity index (χ2v) is 6.32. The van der Waals surface area contributed by atoms with Crippen LogP contribution in [0.25, 0.3) is 10.9 Å². The van der Waals surface area contributed by atoms with Crippen molar-refractivity contribution in [3.8, 4) is 0 Å². The van der Waals surface area contributed by atoms with E-state index in [0.29, 0.717) is 5.56 Å². The zero-order valence-corrected chi connectivity index (χ0v) is 13.1. The van der Waals surface area contributed by atoms with E-state index in [0.717, 1.165) is 30.2 Å². The van der Waals surface area contributed by atoms with Crippen molar-refractivity contribution in [2.45, 2.75) is 26.3 Å². The molecule has 23 heavy (non-hydrogen) atoms. The molecule has 2 nitrogen and oxygen atoms in total. The Hall–Kier alpha value is -2.20. The van der Waals surface area contributed by atoms with E-state index in [1.54, 1.807) is 0 Å². The summed E-state index contributed by atoms with van der Waals surface area (Å²) in [6, 6.07) is 7.59. The van der Waals surface area contributed by atoms with E-state index in [4.69, 9.17) is 0 Å². The van der Waals surface area contributed by atoms with Crippen molar-refractivity contribution in [3.63, 3.8) is 0 Å². The molecule has 0 saturated heterocycles. The molecule has 2 N–H and O–H groups in total. The fourth-order valence-electron chi connectivity index (χ4n) is 3.69. The van der Waals surface area contributed by atoms with E-state index in [1.165, 1.54) is 34.2 Å². The highest BCUT2D eigenvalue weighted by atomic mass is 19.1. The minimum Gasteiger partial charge on any atom is -0.356 e. The van der Waals surface area contributed by atoms with Crippen LogP contribution in [0.2, 0.25) is 0 Å². The van der Waals surface area contributed by atoms with Crippen LogP contribution >= 0.6 is 0 Å². The van der Waals surface area contributed by atoms with Gasteiger partial charge in [0, 0.05) is 28.7 Å². The van der Waals surface area contributed by atoms with Gasteiger partial charge in [0.05, 0.1) is 6.04 Å². The van der Waals surface area contributed by atoms with Gasteiger partial charge in [-0.1, -0.05) is 11.6 Å². The number of hydrogen-bond donors (Lipinski definition) is 2. The molecule has 0 fully saturated rings. The van der Waals surface area contributed by atoms with Crippen LogP contribution in [0.5, 0.6) is 0 Å². The zero-order valence-electron chi connectivity index (χ0n) is 13.1. The Morgan fingerprint density at radius 3 is 2.74 bits per heavy atom. The Kier molecular flexibility index (Phi) is 3.23. The van der Waals surface area contributed by atoms with Crippen LogP contribution < -0.4 is 5.32 Å². The molecule has 0 aliphatic carbocycles. The number of rotatable bonds is 1. The Bertz CT molecular complexity index is 911. The van der Waals surface area contributed by atoms with Gasteiger partial charge in [-0.3, -0.25) is 0 Å². The molecule has 1 aromatic heterocycles. The highest BCUT2D eigenvalue weighted by molar-refractivity contribution is 5.88. The van der Waals surface area contributed by atoms with Crippen molar-refractivity contribution in [2.24, 2.45) is 0 Å². The lowest BCUT2D eigenvalue weighted by atomic mass is 9.93. The van der Waals surface area contributed by atoms with Gasteiger partial charge in [-0.15, -0.1) is 0 Å². The molecule has 4 heteroatoms. The highest BCUT2D eigenvalue weighted by Crippen LogP contribution is 2.36. The smallest absolute Gasteiger partial charge is 0.128 e. The predicted molar refractivity (Wildman–Crippen MR) is 87.7 cm³/mol. The zero-order chi connectivity index (χ0) is 16.1. The minimum atomic E-state index is -0.418. The van der Waals surface area contributed by atoms with Crippen molar-refractivity contribution >= 4 is 10.9 Å². The molecule has 0 radical (unpaired) electrons. The van der Waals surface area contributed by atoms with Gasteiger partial charge in [0.15, 0.2) is 0 Å². The number of aromatic amines is 1. The summed E-state index contributed by atoms with van der Waals surface area (Å²) < 4.78 is 27.8. The highest BCUT2D eigenvalue weighted by Gasteiger charge is 2.27. The number of hydrogen-bond acceptors (Lipinski definition) is 1. The second kappa shape index (κ2) is 5.17. The van der Waals surface area contributed by atoms with E-state index in [1.807, 2.05) is 0 Å². The van der Waals surface area contributed by atoms with Gasteiger partial charge in [-0.05, 0) is 55.7 Å². The summed E-state index contributed by atoms with van der Waals surface area (Å²) in [6.07, 6.45) is 0.881. The van der Waals surface area contributed by atoms with Crippen molar-refractivity contribution in [1.29, 1.82) is 0 Å². The quantitative estimate of drug-likeness (QED) is 0.689. The lowest BCUT2D eigenvalue weighted by molar-refractivity contribution is 0.514. The summed E-state index contributed by atoms with van der Waals surface area (Å²) in [4.78, 5) is 3.46. The molecule has 2 aromatic carbocycles. The third-order valence-corrected chi connectivity index (χ3v) is 4.67. The third kappa shape index (κ3) is 2.25. The summed E-state index contributed by atoms with van der Waals surface area (Å²) in [5, 5.41) is 4.51. The molecule has 1 aliphatic heterocycles. The van der Waals surface area contributed by atoms with Gasteiger partial charge >= 0.3 is 0 Å². The van der Waals surface area contributed by atoms with Gasteiger partial charge in [0.25, 0.3) is 0 Å². The number of fused-ring (bicyclic) bond motifs is 3. The van der Waals surface area contributed by atoms with E-state index in [-0.39, 0.29) is 11.9 Å². The van der Waals surface area contributed by atoms with E-state index in [2.05, 4.69) is 36.3 Å². The molecule has 1 atom stereocenters. The van der Waals surface area contributed by atoms with Crippen molar-refractivity contribution in [3.05, 3.63) is 69.9 Å². The number of nitrogens with one attached hydrogen (secondary N) is 2. The van der Waals surface area contributed by atoms with Gasteiger partial charge in [-0.25, -0.2) is 8.78 Å². The topological polar surface area (TPSA) is 27.8 Å².